The number of hydrazone groups is 1. The minimum atomic E-state index is -0.449. The van der Waals surface area contributed by atoms with Gasteiger partial charge in [-0.2, -0.15) is 10.1 Å². The molecule has 8 nitrogen and oxygen atoms in total. The van der Waals surface area contributed by atoms with Crippen LogP contribution >= 0.6 is 0 Å². The monoisotopic (exact) mass is 382 g/mol. The van der Waals surface area contributed by atoms with Crippen molar-refractivity contribution in [2.75, 3.05) is 5.01 Å². The van der Waals surface area contributed by atoms with E-state index >= 15 is 0 Å². The van der Waals surface area contributed by atoms with Crippen LogP contribution < -0.4 is 16.3 Å². The fourth-order valence-corrected chi connectivity index (χ4v) is 3.38. The Bertz CT molecular complexity index is 1230. The number of hydrogen-bond donors (Lipinski definition) is 0. The van der Waals surface area contributed by atoms with Gasteiger partial charge in [0.1, 0.15) is 5.82 Å². The fraction of sp³-hybridized carbons (Fsp3) is 0.263. The number of aryl methyl sites for hydroxylation is 1. The van der Waals surface area contributed by atoms with Crippen LogP contribution in [-0.2, 0) is 26.7 Å². The normalized spacial score (nSPS) is 13.5. The van der Waals surface area contributed by atoms with E-state index in [1.807, 2.05) is 6.92 Å². The summed E-state index contributed by atoms with van der Waals surface area (Å²) in [6.45, 7) is 6.35. The lowest BCUT2D eigenvalue weighted by Gasteiger charge is -2.25. The first-order valence-corrected chi connectivity index (χ1v) is 8.77. The lowest BCUT2D eigenvalue weighted by atomic mass is 10.2. The van der Waals surface area contributed by atoms with Gasteiger partial charge in [-0.15, -0.1) is 6.58 Å². The lowest BCUT2D eigenvalue weighted by Crippen LogP contribution is -2.39. The van der Waals surface area contributed by atoms with Gasteiger partial charge >= 0.3 is 5.69 Å². The molecule has 0 atom stereocenters. The SMILES string of the molecule is C=CCn1c(=O)c2c(nc3n2CC(C)=NN3Cc2ccc(F)cc2)n(C)c1=O. The molecule has 0 aliphatic carbocycles. The smallest absolute Gasteiger partial charge is 0.297 e. The van der Waals surface area contributed by atoms with Crippen LogP contribution in [0.2, 0.25) is 0 Å². The van der Waals surface area contributed by atoms with E-state index in [2.05, 4.69) is 16.7 Å². The van der Waals surface area contributed by atoms with Gasteiger partial charge in [0.05, 0.1) is 18.8 Å². The molecule has 144 valence electrons. The Balaban J connectivity index is 1.91. The molecule has 0 N–H and O–H groups in total. The molecule has 0 saturated carbocycles. The van der Waals surface area contributed by atoms with Gasteiger partial charge in [0.25, 0.3) is 5.56 Å². The maximum atomic E-state index is 13.2. The van der Waals surface area contributed by atoms with E-state index < -0.39 is 11.2 Å². The predicted octanol–water partition coefficient (Wildman–Crippen LogP) is 1.62. The number of nitrogens with zero attached hydrogens (tertiary/aromatic N) is 6. The highest BCUT2D eigenvalue weighted by Gasteiger charge is 2.26. The molecular weight excluding hydrogens is 363 g/mol. The maximum absolute atomic E-state index is 13.2. The highest BCUT2D eigenvalue weighted by Crippen LogP contribution is 2.25. The summed E-state index contributed by atoms with van der Waals surface area (Å²) in [7, 11) is 1.58. The summed E-state index contributed by atoms with van der Waals surface area (Å²) in [5.41, 5.74) is 1.43. The summed E-state index contributed by atoms with van der Waals surface area (Å²) >= 11 is 0. The Hall–Kier alpha value is -3.49. The molecule has 9 heteroatoms. The minimum Gasteiger partial charge on any atom is -0.297 e. The van der Waals surface area contributed by atoms with Crippen LogP contribution in [0.4, 0.5) is 10.3 Å². The van der Waals surface area contributed by atoms with Crippen molar-refractivity contribution < 1.29 is 4.39 Å². The Morgan fingerprint density at radius 2 is 1.96 bits per heavy atom. The van der Waals surface area contributed by atoms with Crippen LogP contribution in [0.15, 0.2) is 51.6 Å². The second kappa shape index (κ2) is 6.59. The quantitative estimate of drug-likeness (QED) is 0.643. The number of allylic oxidation sites excluding steroid dienone is 1. The zero-order valence-electron chi connectivity index (χ0n) is 15.6. The van der Waals surface area contributed by atoms with E-state index in [1.54, 1.807) is 28.8 Å². The topological polar surface area (TPSA) is 77.4 Å². The van der Waals surface area contributed by atoms with Gasteiger partial charge in [-0.3, -0.25) is 18.5 Å². The minimum absolute atomic E-state index is 0.119. The number of anilines is 1. The van der Waals surface area contributed by atoms with Crippen LogP contribution in [0.25, 0.3) is 11.2 Å². The van der Waals surface area contributed by atoms with Crippen molar-refractivity contribution in [3.05, 3.63) is 69.1 Å². The van der Waals surface area contributed by atoms with E-state index in [1.165, 1.54) is 22.8 Å². The average molecular weight is 382 g/mol. The van der Waals surface area contributed by atoms with Crippen molar-refractivity contribution >= 4 is 22.8 Å². The van der Waals surface area contributed by atoms with Gasteiger partial charge in [-0.1, -0.05) is 18.2 Å². The predicted molar refractivity (Wildman–Crippen MR) is 105 cm³/mol. The second-order valence-electron chi connectivity index (χ2n) is 6.74. The molecule has 3 aromatic rings. The van der Waals surface area contributed by atoms with Crippen LogP contribution in [-0.4, -0.2) is 24.4 Å². The van der Waals surface area contributed by atoms with E-state index in [9.17, 15) is 14.0 Å². The highest BCUT2D eigenvalue weighted by atomic mass is 19.1. The summed E-state index contributed by atoms with van der Waals surface area (Å²) in [6, 6.07) is 6.12. The van der Waals surface area contributed by atoms with E-state index in [0.29, 0.717) is 30.2 Å². The lowest BCUT2D eigenvalue weighted by molar-refractivity contribution is 0.626. The number of fused-ring (bicyclic) bond motifs is 3. The standard InChI is InChI=1S/C19H19FN6O2/c1-4-9-24-17(27)15-16(23(3)19(24)28)21-18-25(15)10-12(2)22-26(18)11-13-5-7-14(20)8-6-13/h4-8H,1,9-11H2,2-3H3. The third-order valence-electron chi connectivity index (χ3n) is 4.68. The molecule has 0 fully saturated rings. The van der Waals surface area contributed by atoms with Gasteiger partial charge in [0.2, 0.25) is 5.95 Å². The molecule has 0 spiro atoms. The van der Waals surface area contributed by atoms with Crippen molar-refractivity contribution in [1.29, 1.82) is 0 Å². The molecule has 28 heavy (non-hydrogen) atoms. The Morgan fingerprint density at radius 3 is 2.64 bits per heavy atom. The van der Waals surface area contributed by atoms with Gasteiger partial charge in [0, 0.05) is 13.6 Å². The summed E-state index contributed by atoms with van der Waals surface area (Å²) < 4.78 is 17.5. The third kappa shape index (κ3) is 2.75. The van der Waals surface area contributed by atoms with Gasteiger partial charge in [-0.25, -0.2) is 14.2 Å². The number of benzene rings is 1. The molecule has 2 aromatic heterocycles. The Morgan fingerprint density at radius 1 is 1.25 bits per heavy atom. The number of imidazole rings is 1. The molecule has 1 aliphatic heterocycles. The first-order chi connectivity index (χ1) is 13.4. The van der Waals surface area contributed by atoms with Crippen molar-refractivity contribution in [3.8, 4) is 0 Å². The van der Waals surface area contributed by atoms with Crippen LogP contribution in [0.5, 0.6) is 0 Å². The Kier molecular flexibility index (Phi) is 4.21. The number of hydrogen-bond acceptors (Lipinski definition) is 5. The van der Waals surface area contributed by atoms with Crippen molar-refractivity contribution in [1.82, 2.24) is 18.7 Å². The highest BCUT2D eigenvalue weighted by molar-refractivity contribution is 5.87. The molecule has 0 unspecified atom stereocenters. The molecule has 1 aromatic carbocycles. The van der Waals surface area contributed by atoms with Crippen molar-refractivity contribution in [3.63, 3.8) is 0 Å². The molecule has 3 heterocycles. The number of rotatable bonds is 4. The molecule has 1 aliphatic rings. The molecule has 0 saturated heterocycles. The fourth-order valence-electron chi connectivity index (χ4n) is 3.38. The molecule has 4 rings (SSSR count). The van der Waals surface area contributed by atoms with E-state index in [4.69, 9.17) is 0 Å². The van der Waals surface area contributed by atoms with Crippen molar-refractivity contribution in [2.24, 2.45) is 12.1 Å². The largest absolute Gasteiger partial charge is 0.332 e. The summed E-state index contributed by atoms with van der Waals surface area (Å²) in [5.74, 6) is 0.153. The molecule has 0 bridgehead atoms. The average Bonchev–Trinajstić information content (AvgIpc) is 3.05. The van der Waals surface area contributed by atoms with Crippen LogP contribution in [0.1, 0.15) is 12.5 Å². The molecular formula is C19H19FN6O2. The zero-order valence-corrected chi connectivity index (χ0v) is 15.6. The first-order valence-electron chi connectivity index (χ1n) is 8.77. The summed E-state index contributed by atoms with van der Waals surface area (Å²) in [5, 5.41) is 6.20. The third-order valence-corrected chi connectivity index (χ3v) is 4.68. The van der Waals surface area contributed by atoms with Crippen LogP contribution in [0, 0.1) is 5.82 Å². The summed E-state index contributed by atoms with van der Waals surface area (Å²) in [6.07, 6.45) is 1.51. The molecule has 0 amide bonds. The maximum Gasteiger partial charge on any atom is 0.332 e. The number of halogens is 1. The van der Waals surface area contributed by atoms with Gasteiger partial charge in [-0.05, 0) is 24.6 Å². The van der Waals surface area contributed by atoms with Crippen molar-refractivity contribution in [2.45, 2.75) is 26.6 Å². The van der Waals surface area contributed by atoms with E-state index in [-0.39, 0.29) is 12.4 Å². The number of aromatic nitrogens is 4. The first kappa shape index (κ1) is 17.9. The summed E-state index contributed by atoms with van der Waals surface area (Å²) in [4.78, 5) is 30.0. The van der Waals surface area contributed by atoms with Gasteiger partial charge < -0.3 is 0 Å². The second-order valence-corrected chi connectivity index (χ2v) is 6.74. The van der Waals surface area contributed by atoms with Gasteiger partial charge in [0.15, 0.2) is 11.2 Å². The van der Waals surface area contributed by atoms with E-state index in [0.717, 1.165) is 15.8 Å². The Labute approximate surface area is 159 Å². The van der Waals surface area contributed by atoms with Crippen LogP contribution in [0.3, 0.4) is 0 Å². The zero-order chi connectivity index (χ0) is 20.0. The molecule has 0 radical (unpaired) electrons.